The van der Waals surface area contributed by atoms with Crippen LogP contribution in [0.1, 0.15) is 41.6 Å². The van der Waals surface area contributed by atoms with E-state index in [9.17, 15) is 14.9 Å². The van der Waals surface area contributed by atoms with Gasteiger partial charge in [-0.05, 0) is 61.8 Å². The summed E-state index contributed by atoms with van der Waals surface area (Å²) in [7, 11) is 0. The third-order valence-corrected chi connectivity index (χ3v) is 5.89. The molecule has 1 amide bonds. The first-order chi connectivity index (χ1) is 16.0. The second-order valence-corrected chi connectivity index (χ2v) is 8.29. The number of rotatable bonds is 11. The number of anilines is 2. The lowest BCUT2D eigenvalue weighted by molar-refractivity contribution is -0.384. The summed E-state index contributed by atoms with van der Waals surface area (Å²) in [6, 6.07) is 7.15. The number of nitro groups is 1. The molecule has 1 aliphatic carbocycles. The Labute approximate surface area is 192 Å². The number of benzene rings is 1. The maximum Gasteiger partial charge on any atom is 0.329 e. The van der Waals surface area contributed by atoms with E-state index in [0.717, 1.165) is 31.2 Å². The van der Waals surface area contributed by atoms with Crippen LogP contribution in [0.3, 0.4) is 0 Å². The molecule has 1 aliphatic rings. The van der Waals surface area contributed by atoms with Crippen LogP contribution < -0.4 is 27.4 Å². The summed E-state index contributed by atoms with van der Waals surface area (Å²) in [5, 5.41) is 20.4. The lowest BCUT2D eigenvalue weighted by Crippen LogP contribution is -2.29. The molecule has 3 rings (SSSR count). The number of nitrogens with zero attached hydrogens (tertiary/aromatic N) is 3. The van der Waals surface area contributed by atoms with Crippen molar-refractivity contribution in [2.24, 2.45) is 23.3 Å². The second-order valence-electron chi connectivity index (χ2n) is 8.29. The molecule has 1 fully saturated rings. The highest BCUT2D eigenvalue weighted by Crippen LogP contribution is 2.29. The van der Waals surface area contributed by atoms with E-state index in [0.29, 0.717) is 50.1 Å². The Morgan fingerprint density at radius 3 is 2.61 bits per heavy atom. The Hall–Kier alpha value is -3.31. The molecule has 0 atom stereocenters. The third-order valence-electron chi connectivity index (χ3n) is 5.89. The molecule has 0 bridgehead atoms. The van der Waals surface area contributed by atoms with E-state index in [-0.39, 0.29) is 23.4 Å². The van der Waals surface area contributed by atoms with Crippen molar-refractivity contribution < 1.29 is 9.72 Å². The van der Waals surface area contributed by atoms with E-state index >= 15 is 0 Å². The normalized spacial score (nSPS) is 17.9. The first-order valence-electron chi connectivity index (χ1n) is 11.3. The van der Waals surface area contributed by atoms with Gasteiger partial charge in [-0.15, -0.1) is 0 Å². The summed E-state index contributed by atoms with van der Waals surface area (Å²) in [6.07, 6.45) is 5.48. The van der Waals surface area contributed by atoms with Crippen LogP contribution in [0.4, 0.5) is 17.5 Å². The molecule has 1 aromatic carbocycles. The van der Waals surface area contributed by atoms with Gasteiger partial charge in [-0.2, -0.15) is 4.98 Å². The van der Waals surface area contributed by atoms with Gasteiger partial charge in [0, 0.05) is 31.7 Å². The molecule has 0 radical (unpaired) electrons. The smallest absolute Gasteiger partial charge is 0.329 e. The molecule has 11 heteroatoms. The standard InChI is InChI=1S/C22H32N8O3/c23-8-9-25-21(31)18-3-1-2-17(10-18)13-27-22-28-14-19(30(32)33)20(29-22)26-12-16-6-4-15(11-24)5-7-16/h1-3,10,14-16H,4-9,11-13,23-24H2,(H,25,31)(H2,26,27,28,29)/t15-,16-. The SMILES string of the molecule is NCCNC(=O)c1cccc(CNc2ncc([N+](=O)[O-])c(NC[C@H]3CC[C@H](CN)CC3)n2)c1. The number of hydrogen-bond donors (Lipinski definition) is 5. The van der Waals surface area contributed by atoms with Crippen LogP contribution in [0.15, 0.2) is 30.5 Å². The fourth-order valence-corrected chi connectivity index (χ4v) is 3.93. The van der Waals surface area contributed by atoms with Gasteiger partial charge in [0.05, 0.1) is 4.92 Å². The first kappa shape index (κ1) is 24.3. The number of amides is 1. The minimum absolute atomic E-state index is 0.158. The lowest BCUT2D eigenvalue weighted by Gasteiger charge is -2.27. The van der Waals surface area contributed by atoms with E-state index in [1.165, 1.54) is 6.20 Å². The van der Waals surface area contributed by atoms with Crippen molar-refractivity contribution in [3.63, 3.8) is 0 Å². The average Bonchev–Trinajstić information content (AvgIpc) is 2.85. The molecule has 11 nitrogen and oxygen atoms in total. The van der Waals surface area contributed by atoms with Gasteiger partial charge in [-0.1, -0.05) is 12.1 Å². The van der Waals surface area contributed by atoms with E-state index in [1.807, 2.05) is 6.07 Å². The van der Waals surface area contributed by atoms with Crippen LogP contribution in [0.25, 0.3) is 0 Å². The Morgan fingerprint density at radius 2 is 1.91 bits per heavy atom. The summed E-state index contributed by atoms with van der Waals surface area (Å²) in [4.78, 5) is 31.5. The quantitative estimate of drug-likeness (QED) is 0.250. The molecule has 0 spiro atoms. The first-order valence-corrected chi connectivity index (χ1v) is 11.3. The lowest BCUT2D eigenvalue weighted by atomic mass is 9.82. The number of carbonyl (C=O) groups excluding carboxylic acids is 1. The molecule has 2 aromatic rings. The molecule has 0 saturated heterocycles. The number of nitrogens with one attached hydrogen (secondary N) is 3. The monoisotopic (exact) mass is 456 g/mol. The van der Waals surface area contributed by atoms with E-state index < -0.39 is 4.92 Å². The largest absolute Gasteiger partial charge is 0.364 e. The van der Waals surface area contributed by atoms with E-state index in [1.54, 1.807) is 18.2 Å². The fraction of sp³-hybridized carbons (Fsp3) is 0.500. The molecule has 1 aromatic heterocycles. The van der Waals surface area contributed by atoms with Gasteiger partial charge in [-0.3, -0.25) is 14.9 Å². The predicted octanol–water partition coefficient (Wildman–Crippen LogP) is 1.86. The summed E-state index contributed by atoms with van der Waals surface area (Å²) < 4.78 is 0. The topological polar surface area (TPSA) is 174 Å². The Morgan fingerprint density at radius 1 is 1.15 bits per heavy atom. The zero-order valence-electron chi connectivity index (χ0n) is 18.6. The van der Waals surface area contributed by atoms with E-state index in [2.05, 4.69) is 25.9 Å². The Kier molecular flexibility index (Phi) is 8.90. The summed E-state index contributed by atoms with van der Waals surface area (Å²) in [5.41, 5.74) is 12.4. The molecule has 1 heterocycles. The number of hydrogen-bond acceptors (Lipinski definition) is 9. The molecular weight excluding hydrogens is 424 g/mol. The minimum atomic E-state index is -0.485. The van der Waals surface area contributed by atoms with Crippen LogP contribution in [0, 0.1) is 22.0 Å². The maximum atomic E-state index is 12.1. The number of nitrogens with two attached hydrogens (primary N) is 2. The van der Waals surface area contributed by atoms with Crippen LogP contribution in [-0.2, 0) is 6.54 Å². The molecule has 7 N–H and O–H groups in total. The molecule has 178 valence electrons. The highest BCUT2D eigenvalue weighted by Gasteiger charge is 2.22. The number of carbonyl (C=O) groups is 1. The van der Waals surface area contributed by atoms with Crippen molar-refractivity contribution in [1.29, 1.82) is 0 Å². The molecule has 0 aliphatic heterocycles. The molecular formula is C22H32N8O3. The van der Waals surface area contributed by atoms with E-state index in [4.69, 9.17) is 11.5 Å². The number of aromatic nitrogens is 2. The van der Waals surface area contributed by atoms with Crippen LogP contribution in [-0.4, -0.2) is 47.0 Å². The second kappa shape index (κ2) is 12.1. The molecule has 1 saturated carbocycles. The van der Waals surface area contributed by atoms with Crippen molar-refractivity contribution in [3.8, 4) is 0 Å². The zero-order chi connectivity index (χ0) is 23.6. The highest BCUT2D eigenvalue weighted by molar-refractivity contribution is 5.94. The van der Waals surface area contributed by atoms with Gasteiger partial charge in [0.25, 0.3) is 5.91 Å². The Balaban J connectivity index is 1.62. The Bertz CT molecular complexity index is 947. The van der Waals surface area contributed by atoms with Gasteiger partial charge in [0.1, 0.15) is 6.20 Å². The molecule has 0 unspecified atom stereocenters. The average molecular weight is 457 g/mol. The van der Waals surface area contributed by atoms with Crippen molar-refractivity contribution >= 4 is 23.4 Å². The van der Waals surface area contributed by atoms with Gasteiger partial charge >= 0.3 is 5.69 Å². The molecule has 33 heavy (non-hydrogen) atoms. The van der Waals surface area contributed by atoms with Gasteiger partial charge in [0.15, 0.2) is 0 Å². The minimum Gasteiger partial charge on any atom is -0.364 e. The van der Waals surface area contributed by atoms with Gasteiger partial charge in [0.2, 0.25) is 11.8 Å². The van der Waals surface area contributed by atoms with Crippen molar-refractivity contribution in [3.05, 3.63) is 51.7 Å². The summed E-state index contributed by atoms with van der Waals surface area (Å²) >= 11 is 0. The maximum absolute atomic E-state index is 12.1. The van der Waals surface area contributed by atoms with Crippen molar-refractivity contribution in [1.82, 2.24) is 15.3 Å². The highest BCUT2D eigenvalue weighted by atomic mass is 16.6. The van der Waals surface area contributed by atoms with Crippen LogP contribution in [0.2, 0.25) is 0 Å². The zero-order valence-corrected chi connectivity index (χ0v) is 18.6. The van der Waals surface area contributed by atoms with Gasteiger partial charge < -0.3 is 27.4 Å². The van der Waals surface area contributed by atoms with Crippen molar-refractivity contribution in [2.45, 2.75) is 32.2 Å². The van der Waals surface area contributed by atoms with Crippen LogP contribution in [0.5, 0.6) is 0 Å². The summed E-state index contributed by atoms with van der Waals surface area (Å²) in [5.74, 6) is 1.30. The predicted molar refractivity (Wildman–Crippen MR) is 127 cm³/mol. The summed E-state index contributed by atoms with van der Waals surface area (Å²) in [6.45, 7) is 2.47. The fourth-order valence-electron chi connectivity index (χ4n) is 3.93. The van der Waals surface area contributed by atoms with Crippen molar-refractivity contribution in [2.75, 3.05) is 36.8 Å². The van der Waals surface area contributed by atoms with Crippen LogP contribution >= 0.6 is 0 Å². The third kappa shape index (κ3) is 7.09. The van der Waals surface area contributed by atoms with Gasteiger partial charge in [-0.25, -0.2) is 4.98 Å².